The number of ether oxygens (including phenoxy) is 2. The molecule has 0 spiro atoms. The molecule has 20 heavy (non-hydrogen) atoms. The SMILES string of the molecule is Cc1cc(Br)c(F)cc1NCc1ccc2c(c1)OCO2. The van der Waals surface area contributed by atoms with Crippen LogP contribution in [0.15, 0.2) is 34.8 Å². The van der Waals surface area contributed by atoms with Crippen LogP contribution in [0.3, 0.4) is 0 Å². The van der Waals surface area contributed by atoms with E-state index >= 15 is 0 Å². The van der Waals surface area contributed by atoms with Gasteiger partial charge in [0.2, 0.25) is 6.79 Å². The van der Waals surface area contributed by atoms with Crippen molar-refractivity contribution >= 4 is 21.6 Å². The van der Waals surface area contributed by atoms with Crippen molar-refractivity contribution in [3.8, 4) is 11.5 Å². The summed E-state index contributed by atoms with van der Waals surface area (Å²) in [4.78, 5) is 0. The lowest BCUT2D eigenvalue weighted by Gasteiger charge is -2.11. The monoisotopic (exact) mass is 337 g/mol. The topological polar surface area (TPSA) is 30.5 Å². The first-order chi connectivity index (χ1) is 9.63. The molecule has 2 aromatic rings. The number of hydrogen-bond acceptors (Lipinski definition) is 3. The maximum absolute atomic E-state index is 13.5. The van der Waals surface area contributed by atoms with Gasteiger partial charge in [-0.25, -0.2) is 4.39 Å². The minimum atomic E-state index is -0.274. The van der Waals surface area contributed by atoms with Gasteiger partial charge in [-0.1, -0.05) is 6.07 Å². The molecule has 0 unspecified atom stereocenters. The second-order valence-electron chi connectivity index (χ2n) is 4.62. The highest BCUT2D eigenvalue weighted by molar-refractivity contribution is 9.10. The molecule has 0 saturated heterocycles. The number of hydrogen-bond donors (Lipinski definition) is 1. The van der Waals surface area contributed by atoms with Crippen LogP contribution >= 0.6 is 15.9 Å². The van der Waals surface area contributed by atoms with Crippen molar-refractivity contribution in [2.75, 3.05) is 12.1 Å². The molecule has 3 nitrogen and oxygen atoms in total. The number of benzene rings is 2. The molecular formula is C15H13BrFNO2. The quantitative estimate of drug-likeness (QED) is 0.908. The Morgan fingerprint density at radius 1 is 1.20 bits per heavy atom. The summed E-state index contributed by atoms with van der Waals surface area (Å²) in [7, 11) is 0. The minimum absolute atomic E-state index is 0.267. The van der Waals surface area contributed by atoms with Gasteiger partial charge >= 0.3 is 0 Å². The molecule has 0 saturated carbocycles. The average Bonchev–Trinajstić information content (AvgIpc) is 2.89. The lowest BCUT2D eigenvalue weighted by molar-refractivity contribution is 0.174. The molecule has 1 aliphatic heterocycles. The predicted molar refractivity (Wildman–Crippen MR) is 78.7 cm³/mol. The van der Waals surface area contributed by atoms with E-state index in [0.717, 1.165) is 28.3 Å². The van der Waals surface area contributed by atoms with Gasteiger partial charge in [-0.05, 0) is 58.2 Å². The van der Waals surface area contributed by atoms with E-state index in [1.54, 1.807) is 6.07 Å². The molecule has 3 rings (SSSR count). The molecule has 0 amide bonds. The van der Waals surface area contributed by atoms with Crippen LogP contribution in [0.4, 0.5) is 10.1 Å². The summed E-state index contributed by atoms with van der Waals surface area (Å²) in [6.45, 7) is 2.80. The molecular weight excluding hydrogens is 325 g/mol. The van der Waals surface area contributed by atoms with Gasteiger partial charge in [0.25, 0.3) is 0 Å². The third-order valence-corrected chi connectivity index (χ3v) is 3.79. The normalized spacial score (nSPS) is 12.6. The summed E-state index contributed by atoms with van der Waals surface area (Å²) in [6, 6.07) is 9.03. The van der Waals surface area contributed by atoms with E-state index in [1.165, 1.54) is 6.07 Å². The maximum Gasteiger partial charge on any atom is 0.231 e. The highest BCUT2D eigenvalue weighted by Crippen LogP contribution is 2.33. The van der Waals surface area contributed by atoms with Crippen molar-refractivity contribution in [3.05, 3.63) is 51.7 Å². The summed E-state index contributed by atoms with van der Waals surface area (Å²) in [5.41, 5.74) is 2.82. The summed E-state index contributed by atoms with van der Waals surface area (Å²) in [5, 5.41) is 3.23. The standard InChI is InChI=1S/C15H13BrFNO2/c1-9-4-11(16)12(17)6-13(9)18-7-10-2-3-14-15(5-10)20-8-19-14/h2-6,18H,7-8H2,1H3. The Morgan fingerprint density at radius 2 is 2.00 bits per heavy atom. The largest absolute Gasteiger partial charge is 0.454 e. The Hall–Kier alpha value is -1.75. The highest BCUT2D eigenvalue weighted by atomic mass is 79.9. The molecule has 5 heteroatoms. The lowest BCUT2D eigenvalue weighted by atomic mass is 10.1. The van der Waals surface area contributed by atoms with Crippen molar-refractivity contribution in [2.24, 2.45) is 0 Å². The molecule has 0 aromatic heterocycles. The fourth-order valence-corrected chi connectivity index (χ4v) is 2.54. The van der Waals surface area contributed by atoms with Crippen molar-refractivity contribution in [3.63, 3.8) is 0 Å². The smallest absolute Gasteiger partial charge is 0.231 e. The zero-order valence-electron chi connectivity index (χ0n) is 10.9. The summed E-state index contributed by atoms with van der Waals surface area (Å²) >= 11 is 3.18. The van der Waals surface area contributed by atoms with E-state index in [0.29, 0.717) is 11.0 Å². The van der Waals surface area contributed by atoms with Crippen LogP contribution < -0.4 is 14.8 Å². The Bertz CT molecular complexity index is 661. The van der Waals surface area contributed by atoms with E-state index in [9.17, 15) is 4.39 Å². The summed E-state index contributed by atoms with van der Waals surface area (Å²) in [6.07, 6.45) is 0. The third kappa shape index (κ3) is 2.58. The number of halogens is 2. The number of anilines is 1. The van der Waals surface area contributed by atoms with Gasteiger partial charge in [0.1, 0.15) is 5.82 Å². The second kappa shape index (κ2) is 5.32. The zero-order chi connectivity index (χ0) is 14.1. The Morgan fingerprint density at radius 3 is 2.85 bits per heavy atom. The first-order valence-electron chi connectivity index (χ1n) is 6.21. The molecule has 0 aliphatic carbocycles. The minimum Gasteiger partial charge on any atom is -0.454 e. The molecule has 0 bridgehead atoms. The molecule has 0 atom stereocenters. The van der Waals surface area contributed by atoms with E-state index < -0.39 is 0 Å². The molecule has 1 heterocycles. The van der Waals surface area contributed by atoms with Gasteiger partial charge in [-0.15, -0.1) is 0 Å². The van der Waals surface area contributed by atoms with Gasteiger partial charge in [-0.2, -0.15) is 0 Å². The van der Waals surface area contributed by atoms with Gasteiger partial charge in [0.15, 0.2) is 11.5 Å². The fraction of sp³-hybridized carbons (Fsp3) is 0.200. The molecule has 0 radical (unpaired) electrons. The average molecular weight is 338 g/mol. The predicted octanol–water partition coefficient (Wildman–Crippen LogP) is 4.24. The summed E-state index contributed by atoms with van der Waals surface area (Å²) in [5.74, 6) is 1.24. The van der Waals surface area contributed by atoms with E-state index in [2.05, 4.69) is 21.2 Å². The lowest BCUT2D eigenvalue weighted by Crippen LogP contribution is -2.02. The van der Waals surface area contributed by atoms with E-state index in [1.807, 2.05) is 25.1 Å². The molecule has 1 aliphatic rings. The highest BCUT2D eigenvalue weighted by Gasteiger charge is 2.13. The Balaban J connectivity index is 1.75. The fourth-order valence-electron chi connectivity index (χ4n) is 2.08. The van der Waals surface area contributed by atoms with Gasteiger partial charge in [-0.3, -0.25) is 0 Å². The van der Waals surface area contributed by atoms with Gasteiger partial charge in [0, 0.05) is 12.2 Å². The molecule has 104 valence electrons. The summed E-state index contributed by atoms with van der Waals surface area (Å²) < 4.78 is 24.6. The second-order valence-corrected chi connectivity index (χ2v) is 5.48. The first kappa shape index (κ1) is 13.2. The van der Waals surface area contributed by atoms with Crippen molar-refractivity contribution in [1.29, 1.82) is 0 Å². The Labute approximate surface area is 124 Å². The number of aryl methyl sites for hydroxylation is 1. The Kier molecular flexibility index (Phi) is 3.53. The van der Waals surface area contributed by atoms with E-state index in [4.69, 9.17) is 9.47 Å². The van der Waals surface area contributed by atoms with E-state index in [-0.39, 0.29) is 12.6 Å². The first-order valence-corrected chi connectivity index (χ1v) is 7.01. The van der Waals surface area contributed by atoms with Gasteiger partial charge < -0.3 is 14.8 Å². The zero-order valence-corrected chi connectivity index (χ0v) is 12.5. The van der Waals surface area contributed by atoms with Crippen molar-refractivity contribution in [2.45, 2.75) is 13.5 Å². The van der Waals surface area contributed by atoms with Crippen LogP contribution in [0.1, 0.15) is 11.1 Å². The molecule has 2 aromatic carbocycles. The van der Waals surface area contributed by atoms with Crippen LogP contribution in [-0.2, 0) is 6.54 Å². The number of nitrogens with one attached hydrogen (secondary N) is 1. The number of rotatable bonds is 3. The third-order valence-electron chi connectivity index (χ3n) is 3.19. The number of fused-ring (bicyclic) bond motifs is 1. The van der Waals surface area contributed by atoms with Crippen molar-refractivity contribution < 1.29 is 13.9 Å². The maximum atomic E-state index is 13.5. The van der Waals surface area contributed by atoms with Crippen molar-refractivity contribution in [1.82, 2.24) is 0 Å². The van der Waals surface area contributed by atoms with Gasteiger partial charge in [0.05, 0.1) is 4.47 Å². The molecule has 0 fully saturated rings. The van der Waals surface area contributed by atoms with Crippen LogP contribution in [0, 0.1) is 12.7 Å². The van der Waals surface area contributed by atoms with Crippen LogP contribution in [0.25, 0.3) is 0 Å². The van der Waals surface area contributed by atoms with Crippen LogP contribution in [0.5, 0.6) is 11.5 Å². The van der Waals surface area contributed by atoms with Crippen LogP contribution in [-0.4, -0.2) is 6.79 Å². The molecule has 1 N–H and O–H groups in total. The van der Waals surface area contributed by atoms with Crippen LogP contribution in [0.2, 0.25) is 0 Å².